The van der Waals surface area contributed by atoms with Crippen LogP contribution in [0.25, 0.3) is 0 Å². The Balaban J connectivity index is 1.51. The molecule has 0 bridgehead atoms. The van der Waals surface area contributed by atoms with Crippen LogP contribution in [-0.2, 0) is 6.18 Å². The minimum absolute atomic E-state index is 0.0795. The van der Waals surface area contributed by atoms with E-state index in [4.69, 9.17) is 5.73 Å². The number of carbonyl (C=O) groups excluding carboxylic acids is 2. The zero-order chi connectivity index (χ0) is 24.5. The van der Waals surface area contributed by atoms with E-state index in [0.29, 0.717) is 17.7 Å². The molecule has 1 fully saturated rings. The van der Waals surface area contributed by atoms with E-state index in [-0.39, 0.29) is 11.6 Å². The highest BCUT2D eigenvalue weighted by molar-refractivity contribution is 6.04. The van der Waals surface area contributed by atoms with Crippen LogP contribution in [0.3, 0.4) is 0 Å². The minimum Gasteiger partial charge on any atom is -0.370 e. The van der Waals surface area contributed by atoms with Gasteiger partial charge in [0.15, 0.2) is 0 Å². The predicted octanol–water partition coefficient (Wildman–Crippen LogP) is 4.75. The number of carbonyl (C=O) groups is 2. The van der Waals surface area contributed by atoms with E-state index in [1.807, 2.05) is 13.0 Å². The lowest BCUT2D eigenvalue weighted by atomic mass is 9.92. The molecule has 9 heteroatoms. The Morgan fingerprint density at radius 1 is 1.09 bits per heavy atom. The summed E-state index contributed by atoms with van der Waals surface area (Å²) in [7, 11) is 0. The Kier molecular flexibility index (Phi) is 6.28. The van der Waals surface area contributed by atoms with Crippen LogP contribution < -0.4 is 16.0 Å². The van der Waals surface area contributed by atoms with Crippen molar-refractivity contribution >= 4 is 23.2 Å². The molecule has 1 saturated heterocycles. The van der Waals surface area contributed by atoms with Crippen LogP contribution in [0.2, 0.25) is 0 Å². The van der Waals surface area contributed by atoms with Gasteiger partial charge in [0.2, 0.25) is 5.91 Å². The number of halogens is 3. The monoisotopic (exact) mass is 468 g/mol. The summed E-state index contributed by atoms with van der Waals surface area (Å²) in [6, 6.07) is 11.6. The molecule has 0 spiro atoms. The number of anilines is 2. The van der Waals surface area contributed by atoms with Gasteiger partial charge in [0.25, 0.3) is 5.91 Å². The molecule has 176 valence electrons. The molecule has 1 aliphatic heterocycles. The van der Waals surface area contributed by atoms with Crippen molar-refractivity contribution in [3.05, 3.63) is 88.7 Å². The Hall–Kier alpha value is -3.88. The lowest BCUT2D eigenvalue weighted by Gasteiger charge is -2.20. The molecule has 1 unspecified atom stereocenters. The maximum Gasteiger partial charge on any atom is 0.416 e. The molecule has 0 aliphatic carbocycles. The summed E-state index contributed by atoms with van der Waals surface area (Å²) >= 11 is 0. The summed E-state index contributed by atoms with van der Waals surface area (Å²) in [5.41, 5.74) is 8.14. The fourth-order valence-electron chi connectivity index (χ4n) is 4.18. The predicted molar refractivity (Wildman–Crippen MR) is 123 cm³/mol. The molecule has 1 atom stereocenters. The number of nitrogens with zero attached hydrogens (tertiary/aromatic N) is 2. The minimum atomic E-state index is -4.49. The number of hydrogen-bond acceptors (Lipinski definition) is 4. The van der Waals surface area contributed by atoms with E-state index in [9.17, 15) is 22.8 Å². The first kappa shape index (κ1) is 23.3. The first-order valence-corrected chi connectivity index (χ1v) is 10.7. The number of benzene rings is 2. The molecule has 1 aliphatic rings. The number of rotatable bonds is 5. The van der Waals surface area contributed by atoms with Gasteiger partial charge in [0.05, 0.1) is 23.0 Å². The quantitative estimate of drug-likeness (QED) is 0.566. The second kappa shape index (κ2) is 9.17. The number of aryl methyl sites for hydroxylation is 1. The first-order valence-electron chi connectivity index (χ1n) is 10.7. The zero-order valence-corrected chi connectivity index (χ0v) is 18.4. The fourth-order valence-corrected chi connectivity index (χ4v) is 4.18. The number of amides is 2. The molecular weight excluding hydrogens is 445 g/mol. The molecule has 2 heterocycles. The van der Waals surface area contributed by atoms with Crippen molar-refractivity contribution in [1.29, 1.82) is 0 Å². The SMILES string of the molecule is Cc1ccc(C(=O)Nc2cccc(C(F)(F)F)c2)cc1C1CCN(c2cncc(C(N)=O)c2)C1. The van der Waals surface area contributed by atoms with Crippen LogP contribution in [-0.4, -0.2) is 29.9 Å². The first-order chi connectivity index (χ1) is 16.1. The van der Waals surface area contributed by atoms with Crippen molar-refractivity contribution in [3.63, 3.8) is 0 Å². The summed E-state index contributed by atoms with van der Waals surface area (Å²) in [5, 5.41) is 2.56. The maximum atomic E-state index is 13.0. The van der Waals surface area contributed by atoms with E-state index < -0.39 is 23.6 Å². The van der Waals surface area contributed by atoms with Gasteiger partial charge in [0.1, 0.15) is 0 Å². The van der Waals surface area contributed by atoms with E-state index in [2.05, 4.69) is 15.2 Å². The number of alkyl halides is 3. The Labute approximate surface area is 194 Å². The third kappa shape index (κ3) is 5.03. The topological polar surface area (TPSA) is 88.3 Å². The van der Waals surface area contributed by atoms with E-state index >= 15 is 0 Å². The van der Waals surface area contributed by atoms with Gasteiger partial charge >= 0.3 is 6.18 Å². The van der Waals surface area contributed by atoms with Crippen LogP contribution in [0.4, 0.5) is 24.5 Å². The van der Waals surface area contributed by atoms with Crippen molar-refractivity contribution < 1.29 is 22.8 Å². The number of primary amides is 1. The average molecular weight is 468 g/mol. The number of nitrogens with one attached hydrogen (secondary N) is 1. The zero-order valence-electron chi connectivity index (χ0n) is 18.4. The van der Waals surface area contributed by atoms with Crippen molar-refractivity contribution in [3.8, 4) is 0 Å². The van der Waals surface area contributed by atoms with Gasteiger partial charge in [-0.3, -0.25) is 14.6 Å². The van der Waals surface area contributed by atoms with Crippen LogP contribution in [0.15, 0.2) is 60.9 Å². The Morgan fingerprint density at radius 3 is 2.62 bits per heavy atom. The number of pyridine rings is 1. The molecule has 3 aromatic rings. The molecule has 0 saturated carbocycles. The van der Waals surface area contributed by atoms with E-state index in [1.54, 1.807) is 24.4 Å². The summed E-state index contributed by atoms with van der Waals surface area (Å²) in [4.78, 5) is 30.5. The molecule has 3 N–H and O–H groups in total. The molecule has 4 rings (SSSR count). The van der Waals surface area contributed by atoms with Gasteiger partial charge in [-0.05, 0) is 60.9 Å². The third-order valence-corrected chi connectivity index (χ3v) is 5.99. The van der Waals surface area contributed by atoms with Crippen LogP contribution >= 0.6 is 0 Å². The normalized spacial score (nSPS) is 15.9. The lowest BCUT2D eigenvalue weighted by Crippen LogP contribution is -2.21. The summed E-state index contributed by atoms with van der Waals surface area (Å²) < 4.78 is 38.9. The van der Waals surface area contributed by atoms with E-state index in [1.165, 1.54) is 18.3 Å². The van der Waals surface area contributed by atoms with Crippen LogP contribution in [0.5, 0.6) is 0 Å². The van der Waals surface area contributed by atoms with Gasteiger partial charge < -0.3 is 16.0 Å². The average Bonchev–Trinajstić information content (AvgIpc) is 3.29. The second-order valence-electron chi connectivity index (χ2n) is 8.33. The number of hydrogen-bond donors (Lipinski definition) is 2. The fraction of sp³-hybridized carbons (Fsp3) is 0.240. The van der Waals surface area contributed by atoms with Crippen molar-refractivity contribution in [2.24, 2.45) is 5.73 Å². The standard InChI is InChI=1S/C25H23F3N4O2/c1-15-5-6-16(24(34)31-20-4-2-3-19(11-20)25(26,27)28)10-22(15)17-7-8-32(14-17)21-9-18(23(29)33)12-30-13-21/h2-6,9-13,17H,7-8,14H2,1H3,(H2,29,33)(H,31,34). The van der Waals surface area contributed by atoms with Crippen molar-refractivity contribution in [2.75, 3.05) is 23.3 Å². The highest BCUT2D eigenvalue weighted by atomic mass is 19.4. The number of nitrogens with two attached hydrogens (primary N) is 1. The van der Waals surface area contributed by atoms with Gasteiger partial charge in [-0.1, -0.05) is 12.1 Å². The van der Waals surface area contributed by atoms with Gasteiger partial charge in [-0.25, -0.2) is 0 Å². The molecule has 34 heavy (non-hydrogen) atoms. The molecule has 0 radical (unpaired) electrons. The van der Waals surface area contributed by atoms with Crippen molar-refractivity contribution in [1.82, 2.24) is 4.98 Å². The van der Waals surface area contributed by atoms with E-state index in [0.717, 1.165) is 41.9 Å². The molecule has 2 aromatic carbocycles. The highest BCUT2D eigenvalue weighted by Crippen LogP contribution is 2.34. The molecular formula is C25H23F3N4O2. The smallest absolute Gasteiger partial charge is 0.370 e. The van der Waals surface area contributed by atoms with Gasteiger partial charge in [-0.2, -0.15) is 13.2 Å². The highest BCUT2D eigenvalue weighted by Gasteiger charge is 2.30. The molecule has 6 nitrogen and oxygen atoms in total. The third-order valence-electron chi connectivity index (χ3n) is 5.99. The number of aromatic nitrogens is 1. The van der Waals surface area contributed by atoms with Crippen molar-refractivity contribution in [2.45, 2.75) is 25.4 Å². The second-order valence-corrected chi connectivity index (χ2v) is 8.33. The molecule has 2 amide bonds. The maximum absolute atomic E-state index is 13.0. The van der Waals surface area contributed by atoms with Gasteiger partial charge in [-0.15, -0.1) is 0 Å². The lowest BCUT2D eigenvalue weighted by molar-refractivity contribution is -0.137. The summed E-state index contributed by atoms with van der Waals surface area (Å²) in [6.45, 7) is 3.37. The Morgan fingerprint density at radius 2 is 1.88 bits per heavy atom. The largest absolute Gasteiger partial charge is 0.416 e. The van der Waals surface area contributed by atoms with Gasteiger partial charge in [0, 0.05) is 36.5 Å². The van der Waals surface area contributed by atoms with Crippen LogP contribution in [0.1, 0.15) is 49.7 Å². The summed E-state index contributed by atoms with van der Waals surface area (Å²) in [5.74, 6) is -0.882. The molecule has 1 aromatic heterocycles. The van der Waals surface area contributed by atoms with Crippen LogP contribution in [0, 0.1) is 6.92 Å². The Bertz CT molecular complexity index is 1240. The summed E-state index contributed by atoms with van der Waals surface area (Å²) in [6.07, 6.45) is -0.546.